The van der Waals surface area contributed by atoms with E-state index in [1.807, 2.05) is 56.3 Å². The van der Waals surface area contributed by atoms with Gasteiger partial charge in [0.15, 0.2) is 0 Å². The van der Waals surface area contributed by atoms with E-state index in [9.17, 15) is 13.2 Å². The van der Waals surface area contributed by atoms with Gasteiger partial charge in [-0.1, -0.05) is 42.0 Å². The van der Waals surface area contributed by atoms with Gasteiger partial charge in [-0.2, -0.15) is 4.31 Å². The Balaban J connectivity index is 1.41. The van der Waals surface area contributed by atoms with Gasteiger partial charge in [0.05, 0.1) is 4.90 Å². The first-order valence-corrected chi connectivity index (χ1v) is 12.2. The van der Waals surface area contributed by atoms with Crippen LogP contribution in [-0.4, -0.2) is 36.5 Å². The molecule has 3 aromatic rings. The zero-order valence-corrected chi connectivity index (χ0v) is 19.4. The van der Waals surface area contributed by atoms with E-state index in [0.29, 0.717) is 36.6 Å². The Bertz CT molecular complexity index is 1250. The van der Waals surface area contributed by atoms with Crippen molar-refractivity contribution >= 4 is 10.0 Å². The highest BCUT2D eigenvalue weighted by atomic mass is 32.2. The van der Waals surface area contributed by atoms with Gasteiger partial charge >= 0.3 is 0 Å². The molecular weight excluding hydrogens is 424 g/mol. The molecule has 6 nitrogen and oxygen atoms in total. The predicted molar refractivity (Wildman–Crippen MR) is 125 cm³/mol. The Morgan fingerprint density at radius 2 is 1.44 bits per heavy atom. The second-order valence-corrected chi connectivity index (χ2v) is 10.3. The van der Waals surface area contributed by atoms with Gasteiger partial charge in [-0.25, -0.2) is 8.42 Å². The molecule has 0 N–H and O–H groups in total. The number of aromatic nitrogens is 1. The summed E-state index contributed by atoms with van der Waals surface area (Å²) >= 11 is 0. The van der Waals surface area contributed by atoms with E-state index in [-0.39, 0.29) is 11.7 Å². The third kappa shape index (κ3) is 4.64. The van der Waals surface area contributed by atoms with Gasteiger partial charge in [-0.15, -0.1) is 0 Å². The van der Waals surface area contributed by atoms with Crippen LogP contribution in [0.25, 0.3) is 11.1 Å². The molecule has 1 aliphatic rings. The number of ether oxygens (including phenoxy) is 1. The fourth-order valence-electron chi connectivity index (χ4n) is 3.90. The first kappa shape index (κ1) is 22.3. The quantitative estimate of drug-likeness (QED) is 0.589. The molecule has 2 aromatic carbocycles. The largest absolute Gasteiger partial charge is 0.490 e. The normalized spacial score (nSPS) is 15.6. The van der Waals surface area contributed by atoms with E-state index in [2.05, 4.69) is 0 Å². The van der Waals surface area contributed by atoms with Gasteiger partial charge in [0, 0.05) is 31.9 Å². The molecule has 4 rings (SSSR count). The Morgan fingerprint density at radius 1 is 0.875 bits per heavy atom. The van der Waals surface area contributed by atoms with Crippen LogP contribution in [0.15, 0.2) is 70.4 Å². The van der Waals surface area contributed by atoms with Gasteiger partial charge in [0.2, 0.25) is 10.0 Å². The minimum atomic E-state index is -3.56. The molecule has 1 saturated heterocycles. The summed E-state index contributed by atoms with van der Waals surface area (Å²) in [6.45, 7) is 4.66. The van der Waals surface area contributed by atoms with Gasteiger partial charge in [0.1, 0.15) is 11.9 Å². The predicted octanol–water partition coefficient (Wildman–Crippen LogP) is 3.90. The highest BCUT2D eigenvalue weighted by Gasteiger charge is 2.30. The summed E-state index contributed by atoms with van der Waals surface area (Å²) in [5.74, 6) is 0.540. The molecular formula is C25H28N2O4S. The van der Waals surface area contributed by atoms with Gasteiger partial charge in [-0.05, 0) is 56.0 Å². The van der Waals surface area contributed by atoms with Crippen molar-refractivity contribution in [3.05, 3.63) is 82.3 Å². The summed E-state index contributed by atoms with van der Waals surface area (Å²) in [7, 11) is -1.84. The maximum Gasteiger partial charge on any atom is 0.254 e. The molecule has 2 heterocycles. The molecule has 1 aliphatic heterocycles. The van der Waals surface area contributed by atoms with Crippen molar-refractivity contribution in [3.8, 4) is 16.9 Å². The monoisotopic (exact) mass is 452 g/mol. The van der Waals surface area contributed by atoms with Crippen LogP contribution in [0, 0.1) is 13.8 Å². The molecule has 1 aromatic heterocycles. The van der Waals surface area contributed by atoms with E-state index in [1.165, 1.54) is 15.9 Å². The van der Waals surface area contributed by atoms with Crippen molar-refractivity contribution in [1.82, 2.24) is 8.87 Å². The summed E-state index contributed by atoms with van der Waals surface area (Å²) in [4.78, 5) is 12.3. The van der Waals surface area contributed by atoms with Crippen molar-refractivity contribution in [2.45, 2.75) is 37.7 Å². The molecule has 0 bridgehead atoms. The summed E-state index contributed by atoms with van der Waals surface area (Å²) in [5, 5.41) is 0. The van der Waals surface area contributed by atoms with E-state index < -0.39 is 10.0 Å². The standard InChI is InChI=1S/C25H28N2O4S/c1-18-4-6-20(7-5-18)21-8-10-24(11-9-21)32(29,30)27-14-12-22(13-15-27)31-23-16-19(2)26(3)25(28)17-23/h4-11,16-17,22H,12-15H2,1-3H3. The fraction of sp³-hybridized carbons (Fsp3) is 0.320. The first-order chi connectivity index (χ1) is 15.2. The van der Waals surface area contributed by atoms with Crippen LogP contribution in [0.5, 0.6) is 5.75 Å². The minimum Gasteiger partial charge on any atom is -0.490 e. The van der Waals surface area contributed by atoms with Crippen molar-refractivity contribution in [2.75, 3.05) is 13.1 Å². The molecule has 0 amide bonds. The number of rotatable bonds is 5. The third-order valence-corrected chi connectivity index (χ3v) is 7.97. The lowest BCUT2D eigenvalue weighted by Crippen LogP contribution is -2.41. The SMILES string of the molecule is Cc1ccc(-c2ccc(S(=O)(=O)N3CCC(Oc4cc(C)n(C)c(=O)c4)CC3)cc2)cc1. The molecule has 0 saturated carbocycles. The maximum absolute atomic E-state index is 13.1. The second kappa shape index (κ2) is 8.92. The summed E-state index contributed by atoms with van der Waals surface area (Å²) in [6, 6.07) is 18.5. The van der Waals surface area contributed by atoms with Crippen molar-refractivity contribution < 1.29 is 13.2 Å². The van der Waals surface area contributed by atoms with Crippen molar-refractivity contribution in [2.24, 2.45) is 7.05 Å². The molecule has 0 unspecified atom stereocenters. The average Bonchev–Trinajstić information content (AvgIpc) is 2.78. The number of sulfonamides is 1. The average molecular weight is 453 g/mol. The molecule has 0 aliphatic carbocycles. The third-order valence-electron chi connectivity index (χ3n) is 6.06. The molecule has 0 spiro atoms. The molecule has 1 fully saturated rings. The van der Waals surface area contributed by atoms with E-state index in [0.717, 1.165) is 16.8 Å². The lowest BCUT2D eigenvalue weighted by Gasteiger charge is -2.31. The van der Waals surface area contributed by atoms with Gasteiger partial charge in [0.25, 0.3) is 5.56 Å². The summed E-state index contributed by atoms with van der Waals surface area (Å²) in [5.41, 5.74) is 3.93. The second-order valence-electron chi connectivity index (χ2n) is 8.34. The zero-order valence-electron chi connectivity index (χ0n) is 18.6. The highest BCUT2D eigenvalue weighted by Crippen LogP contribution is 2.26. The van der Waals surface area contributed by atoms with Crippen LogP contribution in [0.2, 0.25) is 0 Å². The number of nitrogens with zero attached hydrogens (tertiary/aromatic N) is 2. The number of hydrogen-bond acceptors (Lipinski definition) is 4. The lowest BCUT2D eigenvalue weighted by molar-refractivity contribution is 0.134. The Hall–Kier alpha value is -2.90. The number of piperidine rings is 1. The first-order valence-electron chi connectivity index (χ1n) is 10.8. The van der Waals surface area contributed by atoms with Crippen LogP contribution in [0.1, 0.15) is 24.1 Å². The Kier molecular flexibility index (Phi) is 6.22. The number of hydrogen-bond donors (Lipinski definition) is 0. The van der Waals surface area contributed by atoms with Gasteiger partial charge < -0.3 is 9.30 Å². The van der Waals surface area contributed by atoms with Crippen LogP contribution in [-0.2, 0) is 17.1 Å². The zero-order chi connectivity index (χ0) is 22.9. The Morgan fingerprint density at radius 3 is 2.00 bits per heavy atom. The smallest absolute Gasteiger partial charge is 0.254 e. The van der Waals surface area contributed by atoms with E-state index in [1.54, 1.807) is 23.7 Å². The van der Waals surface area contributed by atoms with Crippen LogP contribution in [0.4, 0.5) is 0 Å². The molecule has 7 heteroatoms. The van der Waals surface area contributed by atoms with Crippen LogP contribution in [0.3, 0.4) is 0 Å². The minimum absolute atomic E-state index is 0.114. The molecule has 0 radical (unpaired) electrons. The number of aryl methyl sites for hydroxylation is 2. The van der Waals surface area contributed by atoms with Gasteiger partial charge in [-0.3, -0.25) is 4.79 Å². The molecule has 0 atom stereocenters. The summed E-state index contributed by atoms with van der Waals surface area (Å²) < 4.78 is 35.3. The van der Waals surface area contributed by atoms with E-state index in [4.69, 9.17) is 4.74 Å². The number of pyridine rings is 1. The topological polar surface area (TPSA) is 68.6 Å². The highest BCUT2D eigenvalue weighted by molar-refractivity contribution is 7.89. The maximum atomic E-state index is 13.1. The Labute approximate surface area is 189 Å². The lowest BCUT2D eigenvalue weighted by atomic mass is 10.0. The van der Waals surface area contributed by atoms with Crippen LogP contribution >= 0.6 is 0 Å². The van der Waals surface area contributed by atoms with Crippen LogP contribution < -0.4 is 10.3 Å². The molecule has 168 valence electrons. The fourth-order valence-corrected chi connectivity index (χ4v) is 5.37. The number of benzene rings is 2. The summed E-state index contributed by atoms with van der Waals surface area (Å²) in [6.07, 6.45) is 1.04. The molecule has 32 heavy (non-hydrogen) atoms. The van der Waals surface area contributed by atoms with Crippen molar-refractivity contribution in [3.63, 3.8) is 0 Å². The van der Waals surface area contributed by atoms with E-state index >= 15 is 0 Å². The van der Waals surface area contributed by atoms with Crippen molar-refractivity contribution in [1.29, 1.82) is 0 Å².